The van der Waals surface area contributed by atoms with E-state index in [0.29, 0.717) is 0 Å². The number of hydrogen-bond donors (Lipinski definition) is 2. The fraction of sp³-hybridized carbons (Fsp3) is 0.333. The van der Waals surface area contributed by atoms with Crippen LogP contribution in [0.5, 0.6) is 0 Å². The van der Waals surface area contributed by atoms with E-state index in [2.05, 4.69) is 52.4 Å². The Hall–Kier alpha value is -0.680. The second-order valence-corrected chi connectivity index (χ2v) is 7.47. The quantitative estimate of drug-likeness (QED) is 0.892. The van der Waals surface area contributed by atoms with Crippen LogP contribution in [-0.4, -0.2) is 11.2 Å². The van der Waals surface area contributed by atoms with Gasteiger partial charge in [-0.3, -0.25) is 0 Å². The molecule has 100 valence electrons. The predicted molar refractivity (Wildman–Crippen MR) is 82.5 cm³/mol. The summed E-state index contributed by atoms with van der Waals surface area (Å²) >= 11 is 5.23. The topological polar surface area (TPSA) is 32.3 Å². The molecule has 0 aliphatic heterocycles. The molecule has 1 aliphatic carbocycles. The molecule has 0 spiro atoms. The fourth-order valence-electron chi connectivity index (χ4n) is 2.69. The molecule has 2 aromatic rings. The lowest BCUT2D eigenvalue weighted by molar-refractivity contribution is 0.136. The summed E-state index contributed by atoms with van der Waals surface area (Å²) in [5, 5.41) is 13.8. The predicted octanol–water partition coefficient (Wildman–Crippen LogP) is 3.82. The van der Waals surface area contributed by atoms with Gasteiger partial charge >= 0.3 is 0 Å². The molecule has 3 rings (SSSR count). The maximum atomic E-state index is 10.2. The van der Waals surface area contributed by atoms with E-state index in [0.717, 1.165) is 10.2 Å². The number of benzene rings is 1. The third-order valence-corrected chi connectivity index (χ3v) is 5.46. The molecule has 0 fully saturated rings. The zero-order valence-corrected chi connectivity index (χ0v) is 13.0. The van der Waals surface area contributed by atoms with Crippen molar-refractivity contribution in [2.45, 2.75) is 31.5 Å². The first-order valence-corrected chi connectivity index (χ1v) is 8.03. The van der Waals surface area contributed by atoms with Crippen LogP contribution < -0.4 is 5.32 Å². The summed E-state index contributed by atoms with van der Waals surface area (Å²) in [6.45, 7) is 2.14. The zero-order valence-electron chi connectivity index (χ0n) is 10.6. The van der Waals surface area contributed by atoms with Gasteiger partial charge in [0, 0.05) is 17.3 Å². The van der Waals surface area contributed by atoms with Crippen LogP contribution >= 0.6 is 27.3 Å². The molecule has 1 aromatic heterocycles. The zero-order chi connectivity index (χ0) is 13.4. The lowest BCUT2D eigenvalue weighted by atomic mass is 10.1. The van der Waals surface area contributed by atoms with Crippen LogP contribution in [0.4, 0.5) is 0 Å². The van der Waals surface area contributed by atoms with Crippen LogP contribution in [0.2, 0.25) is 0 Å². The minimum atomic E-state index is -0.330. The first kappa shape index (κ1) is 13.3. The van der Waals surface area contributed by atoms with Gasteiger partial charge in [-0.15, -0.1) is 11.3 Å². The number of aliphatic hydroxyl groups is 1. The second-order valence-electron chi connectivity index (χ2n) is 4.98. The molecule has 3 atom stereocenters. The molecule has 0 radical (unpaired) electrons. The Morgan fingerprint density at radius 3 is 2.84 bits per heavy atom. The highest BCUT2D eigenvalue weighted by Gasteiger charge is 2.31. The molecule has 2 N–H and O–H groups in total. The molecule has 0 amide bonds. The average Bonchev–Trinajstić information content (AvgIpc) is 2.95. The maximum Gasteiger partial charge on any atom is 0.0775 e. The number of hydrogen-bond acceptors (Lipinski definition) is 3. The van der Waals surface area contributed by atoms with Crippen LogP contribution in [0.15, 0.2) is 40.2 Å². The molecular formula is C15H16BrNOS. The van der Waals surface area contributed by atoms with Crippen molar-refractivity contribution in [3.05, 3.63) is 56.2 Å². The number of halogens is 1. The van der Waals surface area contributed by atoms with Gasteiger partial charge in [-0.05, 0) is 46.1 Å². The normalized spacial score (nSPS) is 23.3. The van der Waals surface area contributed by atoms with Gasteiger partial charge in [0.05, 0.1) is 15.9 Å². The number of aliphatic hydroxyl groups excluding tert-OH is 1. The van der Waals surface area contributed by atoms with Crippen molar-refractivity contribution in [3.8, 4) is 0 Å². The Kier molecular flexibility index (Phi) is 3.76. The van der Waals surface area contributed by atoms with Crippen molar-refractivity contribution < 1.29 is 5.11 Å². The van der Waals surface area contributed by atoms with Crippen molar-refractivity contribution in [1.29, 1.82) is 0 Å². The number of nitrogens with one attached hydrogen (secondary N) is 1. The summed E-state index contributed by atoms with van der Waals surface area (Å²) in [7, 11) is 0. The first-order chi connectivity index (χ1) is 9.15. The molecule has 2 nitrogen and oxygen atoms in total. The molecule has 4 heteroatoms. The molecule has 19 heavy (non-hydrogen) atoms. The van der Waals surface area contributed by atoms with E-state index >= 15 is 0 Å². The second kappa shape index (κ2) is 5.37. The van der Waals surface area contributed by atoms with Crippen LogP contribution in [0, 0.1) is 0 Å². The van der Waals surface area contributed by atoms with E-state index in [4.69, 9.17) is 0 Å². The first-order valence-electron chi connectivity index (χ1n) is 6.42. The highest BCUT2D eigenvalue weighted by atomic mass is 79.9. The minimum Gasteiger partial charge on any atom is -0.391 e. The van der Waals surface area contributed by atoms with Gasteiger partial charge < -0.3 is 10.4 Å². The molecule has 0 unspecified atom stereocenters. The average molecular weight is 338 g/mol. The lowest BCUT2D eigenvalue weighted by Crippen LogP contribution is -2.30. The third-order valence-electron chi connectivity index (χ3n) is 3.65. The summed E-state index contributed by atoms with van der Waals surface area (Å²) in [4.78, 5) is 1.28. The van der Waals surface area contributed by atoms with Gasteiger partial charge in [-0.2, -0.15) is 0 Å². The van der Waals surface area contributed by atoms with Crippen LogP contribution in [0.3, 0.4) is 0 Å². The molecule has 1 heterocycles. The van der Waals surface area contributed by atoms with E-state index in [1.165, 1.54) is 16.0 Å². The van der Waals surface area contributed by atoms with Crippen molar-refractivity contribution >= 4 is 27.3 Å². The summed E-state index contributed by atoms with van der Waals surface area (Å²) in [5.74, 6) is 0. The molecule has 0 saturated carbocycles. The Morgan fingerprint density at radius 1 is 1.32 bits per heavy atom. The third kappa shape index (κ3) is 2.63. The smallest absolute Gasteiger partial charge is 0.0775 e. The van der Waals surface area contributed by atoms with E-state index in [-0.39, 0.29) is 18.2 Å². The van der Waals surface area contributed by atoms with Gasteiger partial charge in [0.2, 0.25) is 0 Å². The summed E-state index contributed by atoms with van der Waals surface area (Å²) in [6, 6.07) is 12.8. The minimum absolute atomic E-state index is 0.0343. The van der Waals surface area contributed by atoms with Crippen molar-refractivity contribution in [2.24, 2.45) is 0 Å². The van der Waals surface area contributed by atoms with E-state index in [1.807, 2.05) is 12.1 Å². The van der Waals surface area contributed by atoms with Crippen LogP contribution in [-0.2, 0) is 6.42 Å². The number of thiophene rings is 1. The lowest BCUT2D eigenvalue weighted by Gasteiger charge is -2.22. The highest BCUT2D eigenvalue weighted by molar-refractivity contribution is 9.11. The van der Waals surface area contributed by atoms with Gasteiger partial charge in [-0.1, -0.05) is 24.3 Å². The van der Waals surface area contributed by atoms with Crippen LogP contribution in [0.25, 0.3) is 0 Å². The molecule has 1 aliphatic rings. The number of fused-ring (bicyclic) bond motifs is 1. The molecular weight excluding hydrogens is 322 g/mol. The molecule has 0 saturated heterocycles. The van der Waals surface area contributed by atoms with Crippen molar-refractivity contribution in [2.75, 3.05) is 0 Å². The van der Waals surface area contributed by atoms with Gasteiger partial charge in [0.15, 0.2) is 0 Å². The highest BCUT2D eigenvalue weighted by Crippen LogP contribution is 2.34. The monoisotopic (exact) mass is 337 g/mol. The van der Waals surface area contributed by atoms with Crippen LogP contribution in [0.1, 0.15) is 35.0 Å². The van der Waals surface area contributed by atoms with Crippen molar-refractivity contribution in [3.63, 3.8) is 0 Å². The van der Waals surface area contributed by atoms with E-state index < -0.39 is 0 Å². The summed E-state index contributed by atoms with van der Waals surface area (Å²) in [6.07, 6.45) is 0.414. The molecule has 0 bridgehead atoms. The Labute approximate surface area is 125 Å². The Bertz CT molecular complexity index is 583. The standard InChI is InChI=1S/C15H16BrNOS/c1-9(13-6-7-14(16)19-13)17-15-11-5-3-2-4-10(11)8-12(15)18/h2-7,9,12,15,17-18H,8H2,1H3/t9-,12-,15-/m0/s1. The van der Waals surface area contributed by atoms with Gasteiger partial charge in [0.1, 0.15) is 0 Å². The van der Waals surface area contributed by atoms with Gasteiger partial charge in [-0.25, -0.2) is 0 Å². The Balaban J connectivity index is 1.80. The van der Waals surface area contributed by atoms with E-state index in [9.17, 15) is 5.11 Å². The van der Waals surface area contributed by atoms with E-state index in [1.54, 1.807) is 11.3 Å². The largest absolute Gasteiger partial charge is 0.391 e. The van der Waals surface area contributed by atoms with Gasteiger partial charge in [0.25, 0.3) is 0 Å². The Morgan fingerprint density at radius 2 is 2.11 bits per heavy atom. The summed E-state index contributed by atoms with van der Waals surface area (Å²) < 4.78 is 1.14. The van der Waals surface area contributed by atoms with Crippen molar-refractivity contribution in [1.82, 2.24) is 5.32 Å². The summed E-state index contributed by atoms with van der Waals surface area (Å²) in [5.41, 5.74) is 2.49. The number of rotatable bonds is 3. The SMILES string of the molecule is C[C@H](N[C@H]1c2ccccc2C[C@@H]1O)c1ccc(Br)s1. The molecule has 1 aromatic carbocycles. The fourth-order valence-corrected chi connectivity index (χ4v) is 4.12. The maximum absolute atomic E-state index is 10.2.